The third kappa shape index (κ3) is 5.21. The van der Waals surface area contributed by atoms with Gasteiger partial charge in [0.2, 0.25) is 5.91 Å². The maximum atomic E-state index is 13.9. The van der Waals surface area contributed by atoms with Crippen molar-refractivity contribution in [2.24, 2.45) is 0 Å². The van der Waals surface area contributed by atoms with E-state index in [4.69, 9.17) is 0 Å². The molecule has 4 heterocycles. The summed E-state index contributed by atoms with van der Waals surface area (Å²) in [5, 5.41) is 9.46. The zero-order chi connectivity index (χ0) is 26.1. The number of carbonyl (C=O) groups is 1. The predicted molar refractivity (Wildman–Crippen MR) is 143 cm³/mol. The number of nitrogens with one attached hydrogen (secondary N) is 1. The van der Waals surface area contributed by atoms with Gasteiger partial charge in [-0.2, -0.15) is 5.10 Å². The van der Waals surface area contributed by atoms with Crippen molar-refractivity contribution < 1.29 is 9.18 Å². The van der Waals surface area contributed by atoms with E-state index >= 15 is 0 Å². The van der Waals surface area contributed by atoms with E-state index in [0.29, 0.717) is 39.8 Å². The van der Waals surface area contributed by atoms with Crippen LogP contribution in [-0.4, -0.2) is 56.2 Å². The molecule has 194 valence electrons. The van der Waals surface area contributed by atoms with E-state index in [2.05, 4.69) is 20.3 Å². The topological polar surface area (TPSA) is 84.5 Å². The molecule has 1 amide bonds. The first-order valence-corrected chi connectivity index (χ1v) is 13.5. The van der Waals surface area contributed by atoms with E-state index in [1.807, 2.05) is 25.3 Å². The summed E-state index contributed by atoms with van der Waals surface area (Å²) >= 11 is 1.34. The Balaban J connectivity index is 1.41. The van der Waals surface area contributed by atoms with Crippen LogP contribution in [0.5, 0.6) is 0 Å². The van der Waals surface area contributed by atoms with Crippen LogP contribution in [0.4, 0.5) is 4.39 Å². The molecular weight excluding hydrogens is 491 g/mol. The van der Waals surface area contributed by atoms with Crippen LogP contribution in [0.2, 0.25) is 0 Å². The van der Waals surface area contributed by atoms with Crippen LogP contribution >= 0.6 is 11.3 Å². The Hall–Kier alpha value is -3.37. The quantitative estimate of drug-likeness (QED) is 0.399. The Bertz CT molecular complexity index is 1520. The number of thiazole rings is 1. The van der Waals surface area contributed by atoms with Crippen LogP contribution in [0.25, 0.3) is 21.9 Å². The number of carbonyl (C=O) groups excluding carboxylic acids is 1. The van der Waals surface area contributed by atoms with Crippen LogP contribution in [0, 0.1) is 26.6 Å². The molecule has 0 radical (unpaired) electrons. The van der Waals surface area contributed by atoms with E-state index in [1.54, 1.807) is 17.7 Å². The fourth-order valence-corrected chi connectivity index (χ4v) is 5.86. The molecule has 5 rings (SSSR count). The van der Waals surface area contributed by atoms with Gasteiger partial charge in [0, 0.05) is 29.9 Å². The molecule has 0 spiro atoms. The first-order chi connectivity index (χ1) is 17.8. The summed E-state index contributed by atoms with van der Waals surface area (Å²) in [5.41, 5.74) is 4.00. The van der Waals surface area contributed by atoms with Crippen molar-refractivity contribution in [3.8, 4) is 16.9 Å². The second-order valence-electron chi connectivity index (χ2n) is 9.66. The number of hydrogen-bond acceptors (Lipinski definition) is 6. The van der Waals surface area contributed by atoms with Gasteiger partial charge in [0.1, 0.15) is 11.5 Å². The van der Waals surface area contributed by atoms with Crippen molar-refractivity contribution in [2.45, 2.75) is 46.5 Å². The molecule has 4 aromatic rings. The Morgan fingerprint density at radius 3 is 2.70 bits per heavy atom. The van der Waals surface area contributed by atoms with Crippen molar-refractivity contribution in [3.05, 3.63) is 68.5 Å². The lowest BCUT2D eigenvalue weighted by Gasteiger charge is -2.26. The highest BCUT2D eigenvalue weighted by Crippen LogP contribution is 2.25. The fourth-order valence-electron chi connectivity index (χ4n) is 4.94. The summed E-state index contributed by atoms with van der Waals surface area (Å²) < 4.78 is 17.1. The van der Waals surface area contributed by atoms with E-state index in [0.717, 1.165) is 30.9 Å². The smallest absolute Gasteiger partial charge is 0.268 e. The minimum absolute atomic E-state index is 0.0973. The second kappa shape index (κ2) is 10.5. The number of aromatic nitrogens is 4. The van der Waals surface area contributed by atoms with Gasteiger partial charge in [0.15, 0.2) is 4.96 Å². The number of rotatable bonds is 7. The molecule has 1 fully saturated rings. The summed E-state index contributed by atoms with van der Waals surface area (Å²) in [6.45, 7) is 9.14. The molecule has 1 aliphatic heterocycles. The van der Waals surface area contributed by atoms with Crippen LogP contribution in [0.15, 0.2) is 34.4 Å². The molecule has 0 unspecified atom stereocenters. The van der Waals surface area contributed by atoms with Crippen molar-refractivity contribution >= 4 is 22.2 Å². The molecule has 10 heteroatoms. The van der Waals surface area contributed by atoms with E-state index in [9.17, 15) is 14.0 Å². The molecule has 3 aromatic heterocycles. The van der Waals surface area contributed by atoms with Crippen molar-refractivity contribution in [1.29, 1.82) is 0 Å². The number of halogens is 1. The molecular formula is C27H31FN6O2S. The largest absolute Gasteiger partial charge is 0.354 e. The van der Waals surface area contributed by atoms with Crippen LogP contribution < -0.4 is 10.9 Å². The molecule has 1 aromatic carbocycles. The van der Waals surface area contributed by atoms with Crippen LogP contribution in [-0.2, 0) is 11.2 Å². The van der Waals surface area contributed by atoms with Gasteiger partial charge in [-0.1, -0.05) is 12.5 Å². The number of nitrogens with zero attached hydrogens (tertiary/aromatic N) is 5. The average Bonchev–Trinajstić information content (AvgIpc) is 3.44. The first kappa shape index (κ1) is 25.3. The monoisotopic (exact) mass is 522 g/mol. The standard InChI is InChI=1S/C27H31FN6O2S/c1-17-7-8-20(28)14-23(17)34-18(2)13-22(31-34)25-19(3)30-27-33(26(25)36)21(16-37-27)15-24(35)29-9-12-32-10-5-4-6-11-32/h7-8,13-14,16H,4-6,9-12,15H2,1-3H3,(H,29,35). The molecule has 8 nitrogen and oxygen atoms in total. The molecule has 0 aliphatic carbocycles. The molecule has 0 saturated carbocycles. The van der Waals surface area contributed by atoms with Crippen molar-refractivity contribution in [1.82, 2.24) is 29.4 Å². The lowest BCUT2D eigenvalue weighted by Crippen LogP contribution is -2.38. The van der Waals surface area contributed by atoms with E-state index in [-0.39, 0.29) is 23.7 Å². The first-order valence-electron chi connectivity index (χ1n) is 12.6. The van der Waals surface area contributed by atoms with Gasteiger partial charge >= 0.3 is 0 Å². The summed E-state index contributed by atoms with van der Waals surface area (Å²) in [7, 11) is 0. The third-order valence-electron chi connectivity index (χ3n) is 6.90. The number of aryl methyl sites for hydroxylation is 3. The molecule has 1 saturated heterocycles. The van der Waals surface area contributed by atoms with Gasteiger partial charge in [0.25, 0.3) is 5.56 Å². The number of piperidine rings is 1. The summed E-state index contributed by atoms with van der Waals surface area (Å²) in [6.07, 6.45) is 3.81. The fraction of sp³-hybridized carbons (Fsp3) is 0.407. The SMILES string of the molecule is Cc1ccc(F)cc1-n1nc(-c2c(C)nc3scc(CC(=O)NCCN4CCCCC4)n3c2=O)cc1C. The number of fused-ring (bicyclic) bond motifs is 1. The molecule has 0 bridgehead atoms. The average molecular weight is 523 g/mol. The van der Waals surface area contributed by atoms with Crippen molar-refractivity contribution in [3.63, 3.8) is 0 Å². The third-order valence-corrected chi connectivity index (χ3v) is 7.78. The van der Waals surface area contributed by atoms with Gasteiger partial charge in [0.05, 0.1) is 23.4 Å². The van der Waals surface area contributed by atoms with Crippen LogP contribution in [0.3, 0.4) is 0 Å². The normalized spacial score (nSPS) is 14.4. The molecule has 1 aliphatic rings. The van der Waals surface area contributed by atoms with Gasteiger partial charge in [-0.3, -0.25) is 14.0 Å². The minimum atomic E-state index is -0.353. The van der Waals surface area contributed by atoms with Gasteiger partial charge in [-0.05, 0) is 70.5 Å². The summed E-state index contributed by atoms with van der Waals surface area (Å²) in [6, 6.07) is 6.35. The number of benzene rings is 1. The van der Waals surface area contributed by atoms with Gasteiger partial charge in [-0.15, -0.1) is 11.3 Å². The zero-order valence-corrected chi connectivity index (χ0v) is 22.2. The Morgan fingerprint density at radius 1 is 1.14 bits per heavy atom. The number of hydrogen-bond donors (Lipinski definition) is 1. The predicted octanol–water partition coefficient (Wildman–Crippen LogP) is 3.82. The van der Waals surface area contributed by atoms with Crippen LogP contribution in [0.1, 0.15) is 41.9 Å². The van der Waals surface area contributed by atoms with Gasteiger partial charge < -0.3 is 10.2 Å². The Morgan fingerprint density at radius 2 is 1.92 bits per heavy atom. The van der Waals surface area contributed by atoms with E-state index < -0.39 is 0 Å². The highest BCUT2D eigenvalue weighted by molar-refractivity contribution is 7.15. The molecule has 1 N–H and O–H groups in total. The lowest BCUT2D eigenvalue weighted by atomic mass is 10.1. The Kier molecular flexibility index (Phi) is 7.21. The summed E-state index contributed by atoms with van der Waals surface area (Å²) in [5.74, 6) is -0.471. The minimum Gasteiger partial charge on any atom is -0.354 e. The van der Waals surface area contributed by atoms with E-state index in [1.165, 1.54) is 47.1 Å². The Labute approximate surface area is 218 Å². The maximum absolute atomic E-state index is 13.9. The maximum Gasteiger partial charge on any atom is 0.268 e. The highest BCUT2D eigenvalue weighted by Gasteiger charge is 2.21. The molecule has 37 heavy (non-hydrogen) atoms. The highest BCUT2D eigenvalue weighted by atomic mass is 32.1. The lowest BCUT2D eigenvalue weighted by molar-refractivity contribution is -0.120. The zero-order valence-electron chi connectivity index (χ0n) is 21.4. The molecule has 0 atom stereocenters. The van der Waals surface area contributed by atoms with Gasteiger partial charge in [-0.25, -0.2) is 14.1 Å². The number of amides is 1. The number of likely N-dealkylation sites (tertiary alicyclic amines) is 1. The summed E-state index contributed by atoms with van der Waals surface area (Å²) in [4.78, 5) is 33.9. The van der Waals surface area contributed by atoms with Crippen molar-refractivity contribution in [2.75, 3.05) is 26.2 Å². The second-order valence-corrected chi connectivity index (χ2v) is 10.5.